The second-order valence-corrected chi connectivity index (χ2v) is 1.57. The smallest absolute Gasteiger partial charge is 0.268 e. The molecule has 0 radical (unpaired) electrons. The monoisotopic (exact) mass is 135 g/mol. The van der Waals surface area contributed by atoms with Crippen LogP contribution in [0.2, 0.25) is 0 Å². The number of carbonyl (C=O) groups excluding carboxylic acids is 1. The Balaban J connectivity index is 3.10. The van der Waals surface area contributed by atoms with Gasteiger partial charge in [-0.05, 0) is 0 Å². The predicted octanol–water partition coefficient (Wildman–Crippen LogP) is -0.731. The molecule has 0 spiro atoms. The molecular formula is C4HN5O. The number of nitriles is 2. The van der Waals surface area contributed by atoms with Crippen LogP contribution in [0.5, 0.6) is 0 Å². The van der Waals surface area contributed by atoms with Gasteiger partial charge in [-0.15, -0.1) is 5.11 Å². The third-order valence-corrected chi connectivity index (χ3v) is 1.00. The molecule has 48 valence electrons. The summed E-state index contributed by atoms with van der Waals surface area (Å²) in [4.78, 5) is 10.6. The highest BCUT2D eigenvalue weighted by atomic mass is 16.2. The maximum absolute atomic E-state index is 10.6. The van der Waals surface area contributed by atoms with E-state index in [4.69, 9.17) is 10.5 Å². The van der Waals surface area contributed by atoms with E-state index in [9.17, 15) is 4.79 Å². The van der Waals surface area contributed by atoms with Crippen molar-refractivity contribution in [3.63, 3.8) is 0 Å². The second-order valence-electron chi connectivity index (χ2n) is 1.57. The SMILES string of the molecule is N#CC1(C#N)N=NNC1=O. The van der Waals surface area contributed by atoms with E-state index in [0.717, 1.165) is 0 Å². The van der Waals surface area contributed by atoms with Crippen molar-refractivity contribution in [1.82, 2.24) is 5.43 Å². The van der Waals surface area contributed by atoms with Crippen LogP contribution in [0.3, 0.4) is 0 Å². The Morgan fingerprint density at radius 2 is 2.10 bits per heavy atom. The third kappa shape index (κ3) is 0.531. The van der Waals surface area contributed by atoms with E-state index in [1.165, 1.54) is 12.1 Å². The average Bonchev–Trinajstić information content (AvgIpc) is 2.32. The number of carbonyl (C=O) groups is 1. The Morgan fingerprint density at radius 3 is 2.30 bits per heavy atom. The molecule has 0 fully saturated rings. The molecule has 1 amide bonds. The summed E-state index contributed by atoms with van der Waals surface area (Å²) in [6, 6.07) is 2.89. The first-order chi connectivity index (χ1) is 4.75. The molecule has 10 heavy (non-hydrogen) atoms. The Bertz CT molecular complexity index is 265. The van der Waals surface area contributed by atoms with Crippen molar-refractivity contribution in [2.75, 3.05) is 0 Å². The summed E-state index contributed by atoms with van der Waals surface area (Å²) in [5, 5.41) is 22.8. The topological polar surface area (TPSA) is 101 Å². The number of nitrogens with one attached hydrogen (secondary N) is 1. The fourth-order valence-corrected chi connectivity index (χ4v) is 0.443. The molecule has 0 bridgehead atoms. The lowest BCUT2D eigenvalue weighted by atomic mass is 10.1. The molecule has 1 heterocycles. The molecular weight excluding hydrogens is 134 g/mol. The Hall–Kier alpha value is -1.95. The summed E-state index contributed by atoms with van der Waals surface area (Å²) in [5.41, 5.74) is -0.0578. The number of nitrogens with zero attached hydrogens (tertiary/aromatic N) is 4. The average molecular weight is 135 g/mol. The standard InChI is InChI=1S/C4HN5O/c5-1-4(2-6)3(10)7-9-8-4/h(H,7,8,10). The van der Waals surface area contributed by atoms with E-state index in [-0.39, 0.29) is 0 Å². The van der Waals surface area contributed by atoms with Crippen molar-refractivity contribution in [3.8, 4) is 12.1 Å². The maximum atomic E-state index is 10.6. The molecule has 0 unspecified atom stereocenters. The molecule has 0 aromatic heterocycles. The van der Waals surface area contributed by atoms with Gasteiger partial charge in [0.2, 0.25) is 0 Å². The molecule has 6 nitrogen and oxygen atoms in total. The summed E-state index contributed by atoms with van der Waals surface area (Å²) < 4.78 is 0. The summed E-state index contributed by atoms with van der Waals surface area (Å²) in [7, 11) is 0. The lowest BCUT2D eigenvalue weighted by Gasteiger charge is -1.97. The quantitative estimate of drug-likeness (QED) is 0.473. The van der Waals surface area contributed by atoms with E-state index >= 15 is 0 Å². The molecule has 6 heteroatoms. The van der Waals surface area contributed by atoms with Crippen LogP contribution in [0, 0.1) is 22.7 Å². The maximum Gasteiger partial charge on any atom is 0.332 e. The van der Waals surface area contributed by atoms with Crippen LogP contribution in [-0.4, -0.2) is 11.4 Å². The summed E-state index contributed by atoms with van der Waals surface area (Å²) in [6.07, 6.45) is 0. The molecule has 1 rings (SSSR count). The van der Waals surface area contributed by atoms with Crippen molar-refractivity contribution >= 4 is 5.91 Å². The molecule has 1 aliphatic rings. The minimum atomic E-state index is -1.94. The van der Waals surface area contributed by atoms with Gasteiger partial charge in [-0.3, -0.25) is 4.79 Å². The Kier molecular flexibility index (Phi) is 1.10. The van der Waals surface area contributed by atoms with Crippen molar-refractivity contribution < 1.29 is 4.79 Å². The fraction of sp³-hybridized carbons (Fsp3) is 0.250. The van der Waals surface area contributed by atoms with Crippen LogP contribution in [0.4, 0.5) is 0 Å². The lowest BCUT2D eigenvalue weighted by Crippen LogP contribution is -2.35. The Labute approximate surface area is 55.7 Å². The predicted molar refractivity (Wildman–Crippen MR) is 27.0 cm³/mol. The van der Waals surface area contributed by atoms with Gasteiger partial charge in [0, 0.05) is 0 Å². The van der Waals surface area contributed by atoms with Gasteiger partial charge in [0.25, 0.3) is 0 Å². The normalized spacial score (nSPS) is 19.2. The molecule has 0 saturated heterocycles. The summed E-state index contributed by atoms with van der Waals surface area (Å²) in [5.74, 6) is -0.794. The van der Waals surface area contributed by atoms with Gasteiger partial charge in [-0.1, -0.05) is 5.22 Å². The highest BCUT2D eigenvalue weighted by Gasteiger charge is 2.43. The Morgan fingerprint density at radius 1 is 1.50 bits per heavy atom. The van der Waals surface area contributed by atoms with E-state index in [1.807, 2.05) is 5.43 Å². The van der Waals surface area contributed by atoms with Gasteiger partial charge in [-0.2, -0.15) is 10.5 Å². The molecule has 1 aliphatic heterocycles. The fourth-order valence-electron chi connectivity index (χ4n) is 0.443. The number of hydrogen-bond acceptors (Lipinski definition) is 5. The van der Waals surface area contributed by atoms with E-state index in [0.29, 0.717) is 0 Å². The van der Waals surface area contributed by atoms with Crippen molar-refractivity contribution in [1.29, 1.82) is 10.5 Å². The van der Waals surface area contributed by atoms with Crippen molar-refractivity contribution in [3.05, 3.63) is 0 Å². The third-order valence-electron chi connectivity index (χ3n) is 1.00. The molecule has 0 aromatic rings. The van der Waals surface area contributed by atoms with Crippen LogP contribution in [0.1, 0.15) is 0 Å². The van der Waals surface area contributed by atoms with Gasteiger partial charge in [0.15, 0.2) is 0 Å². The molecule has 0 saturated carbocycles. The largest absolute Gasteiger partial charge is 0.332 e. The van der Waals surface area contributed by atoms with Crippen LogP contribution >= 0.6 is 0 Å². The first-order valence-electron chi connectivity index (χ1n) is 2.30. The zero-order chi connectivity index (χ0) is 7.61. The van der Waals surface area contributed by atoms with Gasteiger partial charge < -0.3 is 0 Å². The van der Waals surface area contributed by atoms with Gasteiger partial charge >= 0.3 is 11.4 Å². The van der Waals surface area contributed by atoms with E-state index < -0.39 is 11.4 Å². The first-order valence-corrected chi connectivity index (χ1v) is 2.30. The van der Waals surface area contributed by atoms with Gasteiger partial charge in [0.05, 0.1) is 0 Å². The van der Waals surface area contributed by atoms with Gasteiger partial charge in [0.1, 0.15) is 12.1 Å². The van der Waals surface area contributed by atoms with Crippen molar-refractivity contribution in [2.24, 2.45) is 10.3 Å². The molecule has 0 atom stereocenters. The summed E-state index contributed by atoms with van der Waals surface area (Å²) >= 11 is 0. The van der Waals surface area contributed by atoms with Crippen molar-refractivity contribution in [2.45, 2.75) is 5.54 Å². The van der Waals surface area contributed by atoms with E-state index in [2.05, 4.69) is 10.3 Å². The van der Waals surface area contributed by atoms with E-state index in [1.54, 1.807) is 0 Å². The lowest BCUT2D eigenvalue weighted by molar-refractivity contribution is -0.121. The first kappa shape index (κ1) is 6.17. The zero-order valence-corrected chi connectivity index (χ0v) is 4.70. The highest BCUT2D eigenvalue weighted by molar-refractivity contribution is 5.93. The second kappa shape index (κ2) is 1.78. The molecule has 1 N–H and O–H groups in total. The molecule has 0 aromatic carbocycles. The number of rotatable bonds is 0. The zero-order valence-electron chi connectivity index (χ0n) is 4.70. The van der Waals surface area contributed by atoms with Crippen LogP contribution < -0.4 is 5.43 Å². The minimum Gasteiger partial charge on any atom is -0.268 e. The van der Waals surface area contributed by atoms with Crippen LogP contribution in [-0.2, 0) is 4.79 Å². The van der Waals surface area contributed by atoms with Gasteiger partial charge in [-0.25, -0.2) is 5.43 Å². The minimum absolute atomic E-state index is 0.794. The molecule has 0 aliphatic carbocycles. The number of amides is 1. The number of hydrogen-bond donors (Lipinski definition) is 1. The summed E-state index contributed by atoms with van der Waals surface area (Å²) in [6.45, 7) is 0. The van der Waals surface area contributed by atoms with Crippen LogP contribution in [0.15, 0.2) is 10.3 Å². The van der Waals surface area contributed by atoms with Crippen LogP contribution in [0.25, 0.3) is 0 Å². The highest BCUT2D eigenvalue weighted by Crippen LogP contribution is 2.13.